The molecule has 3 nitrogen and oxygen atoms in total. The van der Waals surface area contributed by atoms with Gasteiger partial charge in [-0.25, -0.2) is 0 Å². The summed E-state index contributed by atoms with van der Waals surface area (Å²) in [5.74, 6) is 0. The molecule has 1 heterocycles. The van der Waals surface area contributed by atoms with Crippen molar-refractivity contribution in [3.05, 3.63) is 52.8 Å². The van der Waals surface area contributed by atoms with E-state index in [0.29, 0.717) is 0 Å². The third kappa shape index (κ3) is 2.99. The summed E-state index contributed by atoms with van der Waals surface area (Å²) in [5.41, 5.74) is 11.2. The van der Waals surface area contributed by atoms with Gasteiger partial charge in [-0.2, -0.15) is 5.10 Å². The van der Waals surface area contributed by atoms with Crippen LogP contribution in [0, 0.1) is 13.8 Å². The minimum Gasteiger partial charge on any atom is -0.324 e. The van der Waals surface area contributed by atoms with Gasteiger partial charge in [-0.3, -0.25) is 4.68 Å². The van der Waals surface area contributed by atoms with Crippen LogP contribution in [0.25, 0.3) is 0 Å². The average molecular weight is 243 g/mol. The van der Waals surface area contributed by atoms with Crippen molar-refractivity contribution in [2.45, 2.75) is 39.8 Å². The molecule has 0 saturated carbocycles. The van der Waals surface area contributed by atoms with Crippen LogP contribution >= 0.6 is 0 Å². The second kappa shape index (κ2) is 5.36. The average Bonchev–Trinajstić information content (AvgIpc) is 2.75. The van der Waals surface area contributed by atoms with Crippen molar-refractivity contribution in [1.82, 2.24) is 9.78 Å². The van der Waals surface area contributed by atoms with E-state index in [2.05, 4.69) is 44.1 Å². The Labute approximate surface area is 109 Å². The summed E-state index contributed by atoms with van der Waals surface area (Å²) in [5, 5.41) is 4.27. The number of nitrogens with two attached hydrogens (primary N) is 1. The molecule has 0 aliphatic carbocycles. The van der Waals surface area contributed by atoms with E-state index < -0.39 is 0 Å². The zero-order valence-electron chi connectivity index (χ0n) is 11.4. The van der Waals surface area contributed by atoms with Crippen molar-refractivity contribution in [2.75, 3.05) is 0 Å². The van der Waals surface area contributed by atoms with Crippen molar-refractivity contribution in [1.29, 1.82) is 0 Å². The van der Waals surface area contributed by atoms with Crippen LogP contribution < -0.4 is 5.73 Å². The molecule has 2 rings (SSSR count). The van der Waals surface area contributed by atoms with Crippen LogP contribution in [-0.2, 0) is 13.0 Å². The number of aromatic nitrogens is 2. The Morgan fingerprint density at radius 2 is 1.89 bits per heavy atom. The van der Waals surface area contributed by atoms with Crippen molar-refractivity contribution in [3.63, 3.8) is 0 Å². The highest BCUT2D eigenvalue weighted by molar-refractivity contribution is 5.30. The summed E-state index contributed by atoms with van der Waals surface area (Å²) in [7, 11) is 0. The second-order valence-electron chi connectivity index (χ2n) is 4.94. The van der Waals surface area contributed by atoms with Gasteiger partial charge in [0.1, 0.15) is 0 Å². The molecule has 2 aromatic rings. The molecule has 0 aliphatic rings. The minimum atomic E-state index is 0.0199. The van der Waals surface area contributed by atoms with Crippen LogP contribution in [0.1, 0.15) is 35.2 Å². The van der Waals surface area contributed by atoms with E-state index in [1.54, 1.807) is 0 Å². The van der Waals surface area contributed by atoms with E-state index in [4.69, 9.17) is 5.73 Å². The summed E-state index contributed by atoms with van der Waals surface area (Å²) in [4.78, 5) is 0. The van der Waals surface area contributed by atoms with Crippen LogP contribution in [0.3, 0.4) is 0 Å². The van der Waals surface area contributed by atoms with Crippen LogP contribution in [0.5, 0.6) is 0 Å². The van der Waals surface area contributed by atoms with Gasteiger partial charge in [-0.15, -0.1) is 0 Å². The number of benzene rings is 1. The molecular weight excluding hydrogens is 222 g/mol. The molecule has 0 saturated heterocycles. The Bertz CT molecular complexity index is 508. The van der Waals surface area contributed by atoms with Crippen LogP contribution in [-0.4, -0.2) is 9.78 Å². The number of rotatable bonds is 4. The lowest BCUT2D eigenvalue weighted by Gasteiger charge is -2.11. The number of aryl methyl sites for hydroxylation is 3. The van der Waals surface area contributed by atoms with E-state index >= 15 is 0 Å². The van der Waals surface area contributed by atoms with Gasteiger partial charge in [0, 0.05) is 24.3 Å². The molecular formula is C15H21N3. The Morgan fingerprint density at radius 3 is 2.44 bits per heavy atom. The van der Waals surface area contributed by atoms with Crippen LogP contribution in [0.4, 0.5) is 0 Å². The van der Waals surface area contributed by atoms with Crippen molar-refractivity contribution in [2.24, 2.45) is 5.73 Å². The maximum atomic E-state index is 6.24. The largest absolute Gasteiger partial charge is 0.324 e. The van der Waals surface area contributed by atoms with Gasteiger partial charge >= 0.3 is 0 Å². The Morgan fingerprint density at radius 1 is 1.22 bits per heavy atom. The summed E-state index contributed by atoms with van der Waals surface area (Å²) in [6.07, 6.45) is 4.77. The fourth-order valence-corrected chi connectivity index (χ4v) is 2.30. The van der Waals surface area contributed by atoms with E-state index in [-0.39, 0.29) is 6.04 Å². The quantitative estimate of drug-likeness (QED) is 0.897. The number of hydrogen-bond donors (Lipinski definition) is 1. The topological polar surface area (TPSA) is 43.8 Å². The number of nitrogens with zero attached hydrogens (tertiary/aromatic N) is 2. The molecule has 0 bridgehead atoms. The van der Waals surface area contributed by atoms with Gasteiger partial charge in [0.05, 0.1) is 6.20 Å². The molecule has 3 heteroatoms. The molecule has 1 unspecified atom stereocenters. The standard InChI is InChI=1S/C15H21N3/c1-4-18-10-14(9-17-18)15(16)8-13-6-11(2)5-12(3)7-13/h5-7,9-10,15H,4,8,16H2,1-3H3. The highest BCUT2D eigenvalue weighted by Gasteiger charge is 2.09. The molecule has 0 aliphatic heterocycles. The SMILES string of the molecule is CCn1cc(C(N)Cc2cc(C)cc(C)c2)cn1. The lowest BCUT2D eigenvalue weighted by Crippen LogP contribution is -2.13. The zero-order valence-corrected chi connectivity index (χ0v) is 11.4. The summed E-state index contributed by atoms with van der Waals surface area (Å²) in [6, 6.07) is 6.62. The third-order valence-corrected chi connectivity index (χ3v) is 3.14. The molecule has 2 N–H and O–H groups in total. The first kappa shape index (κ1) is 12.8. The number of hydrogen-bond acceptors (Lipinski definition) is 2. The van der Waals surface area contributed by atoms with Gasteiger partial charge < -0.3 is 5.73 Å². The molecule has 96 valence electrons. The van der Waals surface area contributed by atoms with E-state index in [0.717, 1.165) is 18.5 Å². The predicted octanol–water partition coefficient (Wildman–Crippen LogP) is 2.76. The summed E-state index contributed by atoms with van der Waals surface area (Å²) >= 11 is 0. The first-order valence-electron chi connectivity index (χ1n) is 6.43. The fourth-order valence-electron chi connectivity index (χ4n) is 2.30. The van der Waals surface area contributed by atoms with Crippen LogP contribution in [0.15, 0.2) is 30.6 Å². The molecule has 1 atom stereocenters. The normalized spacial score (nSPS) is 12.7. The maximum absolute atomic E-state index is 6.24. The molecule has 18 heavy (non-hydrogen) atoms. The van der Waals surface area contributed by atoms with Crippen molar-refractivity contribution < 1.29 is 0 Å². The molecule has 1 aromatic carbocycles. The summed E-state index contributed by atoms with van der Waals surface area (Å²) in [6.45, 7) is 7.21. The van der Waals surface area contributed by atoms with Crippen molar-refractivity contribution in [3.8, 4) is 0 Å². The Kier molecular flexibility index (Phi) is 3.82. The lowest BCUT2D eigenvalue weighted by molar-refractivity contribution is 0.655. The molecule has 0 spiro atoms. The summed E-state index contributed by atoms with van der Waals surface area (Å²) < 4.78 is 1.91. The van der Waals surface area contributed by atoms with Gasteiger partial charge in [-0.05, 0) is 32.8 Å². The van der Waals surface area contributed by atoms with Gasteiger partial charge in [0.25, 0.3) is 0 Å². The van der Waals surface area contributed by atoms with Gasteiger partial charge in [0.2, 0.25) is 0 Å². The maximum Gasteiger partial charge on any atom is 0.0537 e. The van der Waals surface area contributed by atoms with E-state index in [1.165, 1.54) is 16.7 Å². The smallest absolute Gasteiger partial charge is 0.0537 e. The first-order valence-corrected chi connectivity index (χ1v) is 6.43. The van der Waals surface area contributed by atoms with Crippen molar-refractivity contribution >= 4 is 0 Å². The highest BCUT2D eigenvalue weighted by Crippen LogP contribution is 2.17. The Balaban J connectivity index is 2.12. The predicted molar refractivity (Wildman–Crippen MR) is 74.4 cm³/mol. The van der Waals surface area contributed by atoms with E-state index in [9.17, 15) is 0 Å². The van der Waals surface area contributed by atoms with Crippen LogP contribution in [0.2, 0.25) is 0 Å². The Hall–Kier alpha value is -1.61. The monoisotopic (exact) mass is 243 g/mol. The second-order valence-corrected chi connectivity index (χ2v) is 4.94. The fraction of sp³-hybridized carbons (Fsp3) is 0.400. The molecule has 0 fully saturated rings. The van der Waals surface area contributed by atoms with Gasteiger partial charge in [-0.1, -0.05) is 29.3 Å². The van der Waals surface area contributed by atoms with Gasteiger partial charge in [0.15, 0.2) is 0 Å². The molecule has 0 radical (unpaired) electrons. The minimum absolute atomic E-state index is 0.0199. The highest BCUT2D eigenvalue weighted by atomic mass is 15.3. The molecule has 0 amide bonds. The third-order valence-electron chi connectivity index (χ3n) is 3.14. The lowest BCUT2D eigenvalue weighted by atomic mass is 9.99. The first-order chi connectivity index (χ1) is 8.58. The molecule has 1 aromatic heterocycles. The van der Waals surface area contributed by atoms with E-state index in [1.807, 2.05) is 17.1 Å². The zero-order chi connectivity index (χ0) is 13.1.